The van der Waals surface area contributed by atoms with Crippen LogP contribution in [0.4, 0.5) is 0 Å². The van der Waals surface area contributed by atoms with Crippen LogP contribution >= 0.6 is 0 Å². The lowest BCUT2D eigenvalue weighted by Gasteiger charge is -2.24. The highest BCUT2D eigenvalue weighted by molar-refractivity contribution is 5.73. The van der Waals surface area contributed by atoms with E-state index in [1.807, 2.05) is 42.8 Å². The lowest BCUT2D eigenvalue weighted by atomic mass is 10.1. The Hall–Kier alpha value is -1.50. The zero-order chi connectivity index (χ0) is 22.2. The lowest BCUT2D eigenvalue weighted by molar-refractivity contribution is -0.168. The number of hydrogen-bond donors (Lipinski definition) is 0. The zero-order valence-corrected chi connectivity index (χ0v) is 19.9. The molecule has 176 valence electrons. The Bertz CT molecular complexity index is 685. The molecule has 6 nitrogen and oxygen atoms in total. The second-order valence-corrected chi connectivity index (χ2v) is 8.11. The summed E-state index contributed by atoms with van der Waals surface area (Å²) < 4.78 is 19.7. The van der Waals surface area contributed by atoms with Crippen LogP contribution in [-0.4, -0.2) is 41.1 Å². The van der Waals surface area contributed by atoms with Crippen molar-refractivity contribution in [2.75, 3.05) is 19.8 Å². The first-order valence-corrected chi connectivity index (χ1v) is 12.4. The Labute approximate surface area is 188 Å². The van der Waals surface area contributed by atoms with Gasteiger partial charge in [-0.05, 0) is 32.4 Å². The maximum Gasteiger partial charge on any atom is 0.161 e. The number of hydrogen-bond acceptors (Lipinski definition) is 5. The van der Waals surface area contributed by atoms with Crippen molar-refractivity contribution in [1.29, 1.82) is 0 Å². The van der Waals surface area contributed by atoms with E-state index in [-0.39, 0.29) is 12.5 Å². The number of nitrogens with zero attached hydrogens (tertiary/aromatic N) is 3. The number of unbranched alkanes of at least 4 members (excludes halogenated alkanes) is 9. The first-order chi connectivity index (χ1) is 15.3. The number of ether oxygens (including phenoxy) is 3. The summed E-state index contributed by atoms with van der Waals surface area (Å²) >= 11 is 0. The SMILES string of the molecule is CCCCCCCCCCCCOC(CC(OCC)OCC)n1nnc2ccccc21. The molecule has 0 fully saturated rings. The molecule has 0 amide bonds. The second kappa shape index (κ2) is 16.2. The fourth-order valence-electron chi connectivity index (χ4n) is 3.87. The summed E-state index contributed by atoms with van der Waals surface area (Å²) in [4.78, 5) is 0. The third-order valence-electron chi connectivity index (χ3n) is 5.56. The van der Waals surface area contributed by atoms with Crippen molar-refractivity contribution in [3.63, 3.8) is 0 Å². The highest BCUT2D eigenvalue weighted by Gasteiger charge is 2.22. The van der Waals surface area contributed by atoms with E-state index in [9.17, 15) is 0 Å². The Kier molecular flexibility index (Phi) is 13.4. The van der Waals surface area contributed by atoms with Gasteiger partial charge in [0.1, 0.15) is 5.52 Å². The van der Waals surface area contributed by atoms with Crippen molar-refractivity contribution in [3.05, 3.63) is 24.3 Å². The van der Waals surface area contributed by atoms with E-state index >= 15 is 0 Å². The summed E-state index contributed by atoms with van der Waals surface area (Å²) in [6.07, 6.45) is 13.2. The minimum Gasteiger partial charge on any atom is -0.356 e. The van der Waals surface area contributed by atoms with Gasteiger partial charge in [0, 0.05) is 26.2 Å². The molecular formula is C25H43N3O3. The number of fused-ring (bicyclic) bond motifs is 1. The van der Waals surface area contributed by atoms with Gasteiger partial charge < -0.3 is 14.2 Å². The standard InChI is InChI=1S/C25H43N3O3/c1-4-7-8-9-10-11-12-13-14-17-20-31-24(21-25(29-5-2)30-6-3)28-23-19-16-15-18-22(23)26-27-28/h15-16,18-19,24-25H,4-14,17,20-21H2,1-3H3. The Morgan fingerprint density at radius 3 is 2.03 bits per heavy atom. The van der Waals surface area contributed by atoms with Crippen LogP contribution in [-0.2, 0) is 14.2 Å². The molecule has 0 saturated carbocycles. The molecule has 1 atom stereocenters. The third kappa shape index (κ3) is 9.67. The van der Waals surface area contributed by atoms with Crippen LogP contribution in [0, 0.1) is 0 Å². The predicted molar refractivity (Wildman–Crippen MR) is 126 cm³/mol. The molecule has 0 spiro atoms. The largest absolute Gasteiger partial charge is 0.356 e. The molecule has 0 aliphatic heterocycles. The maximum absolute atomic E-state index is 6.29. The molecule has 1 heterocycles. The average Bonchev–Trinajstić information content (AvgIpc) is 3.21. The van der Waals surface area contributed by atoms with Crippen molar-refractivity contribution in [1.82, 2.24) is 15.0 Å². The van der Waals surface area contributed by atoms with Crippen LogP contribution in [0.2, 0.25) is 0 Å². The van der Waals surface area contributed by atoms with E-state index in [0.29, 0.717) is 26.2 Å². The topological polar surface area (TPSA) is 58.4 Å². The molecule has 0 aliphatic rings. The maximum atomic E-state index is 6.29. The first-order valence-electron chi connectivity index (χ1n) is 12.4. The number of benzene rings is 1. The molecule has 0 aliphatic carbocycles. The van der Waals surface area contributed by atoms with Gasteiger partial charge in [-0.1, -0.05) is 82.1 Å². The van der Waals surface area contributed by atoms with Gasteiger partial charge in [0.05, 0.1) is 5.52 Å². The van der Waals surface area contributed by atoms with Crippen LogP contribution in [0.5, 0.6) is 0 Å². The number of rotatable bonds is 19. The molecule has 6 heteroatoms. The van der Waals surface area contributed by atoms with Gasteiger partial charge in [0.15, 0.2) is 12.5 Å². The summed E-state index contributed by atoms with van der Waals surface area (Å²) in [5.74, 6) is 0. The number of para-hydroxylation sites is 1. The molecule has 1 aromatic carbocycles. The van der Waals surface area contributed by atoms with Gasteiger partial charge in [0.2, 0.25) is 0 Å². The smallest absolute Gasteiger partial charge is 0.161 e. The zero-order valence-electron chi connectivity index (χ0n) is 19.9. The van der Waals surface area contributed by atoms with Crippen molar-refractivity contribution in [2.24, 2.45) is 0 Å². The molecule has 1 unspecified atom stereocenters. The normalized spacial score (nSPS) is 12.8. The summed E-state index contributed by atoms with van der Waals surface area (Å²) in [7, 11) is 0. The minimum atomic E-state index is -0.310. The van der Waals surface area contributed by atoms with Crippen molar-refractivity contribution in [3.8, 4) is 0 Å². The van der Waals surface area contributed by atoms with Gasteiger partial charge in [-0.15, -0.1) is 5.10 Å². The Balaban J connectivity index is 1.80. The molecule has 2 aromatic rings. The molecule has 1 aromatic heterocycles. The van der Waals surface area contributed by atoms with E-state index in [1.165, 1.54) is 57.8 Å². The van der Waals surface area contributed by atoms with Crippen molar-refractivity contribution >= 4 is 11.0 Å². The quantitative estimate of drug-likeness (QED) is 0.183. The Morgan fingerprint density at radius 1 is 0.774 bits per heavy atom. The minimum absolute atomic E-state index is 0.255. The highest BCUT2D eigenvalue weighted by Crippen LogP contribution is 2.23. The van der Waals surface area contributed by atoms with Gasteiger partial charge in [0.25, 0.3) is 0 Å². The van der Waals surface area contributed by atoms with Crippen LogP contribution in [0.3, 0.4) is 0 Å². The first kappa shape index (κ1) is 25.8. The van der Waals surface area contributed by atoms with E-state index in [0.717, 1.165) is 17.5 Å². The molecule has 0 radical (unpaired) electrons. The van der Waals surface area contributed by atoms with Gasteiger partial charge in [-0.2, -0.15) is 0 Å². The van der Waals surface area contributed by atoms with Crippen LogP contribution in [0.25, 0.3) is 11.0 Å². The van der Waals surface area contributed by atoms with Gasteiger partial charge in [-0.25, -0.2) is 4.68 Å². The summed E-state index contributed by atoms with van der Waals surface area (Å²) in [6, 6.07) is 7.98. The van der Waals surface area contributed by atoms with E-state index < -0.39 is 0 Å². The molecular weight excluding hydrogens is 390 g/mol. The summed E-state index contributed by atoms with van der Waals surface area (Å²) in [5.41, 5.74) is 1.85. The van der Waals surface area contributed by atoms with Crippen molar-refractivity contribution in [2.45, 2.75) is 104 Å². The van der Waals surface area contributed by atoms with Gasteiger partial charge in [-0.3, -0.25) is 0 Å². The van der Waals surface area contributed by atoms with E-state index in [2.05, 4.69) is 17.2 Å². The fraction of sp³-hybridized carbons (Fsp3) is 0.760. The monoisotopic (exact) mass is 433 g/mol. The third-order valence-corrected chi connectivity index (χ3v) is 5.56. The van der Waals surface area contributed by atoms with Gasteiger partial charge >= 0.3 is 0 Å². The molecule has 0 bridgehead atoms. The van der Waals surface area contributed by atoms with E-state index in [4.69, 9.17) is 14.2 Å². The highest BCUT2D eigenvalue weighted by atomic mass is 16.7. The Morgan fingerprint density at radius 2 is 1.39 bits per heavy atom. The van der Waals surface area contributed by atoms with Crippen LogP contribution in [0.15, 0.2) is 24.3 Å². The van der Waals surface area contributed by atoms with Crippen molar-refractivity contribution < 1.29 is 14.2 Å². The summed E-state index contributed by atoms with van der Waals surface area (Å²) in [5, 5.41) is 8.66. The van der Waals surface area contributed by atoms with Crippen LogP contribution in [0.1, 0.15) is 97.6 Å². The molecule has 2 rings (SSSR count). The molecule has 31 heavy (non-hydrogen) atoms. The number of aromatic nitrogens is 3. The molecule has 0 saturated heterocycles. The average molecular weight is 434 g/mol. The second-order valence-electron chi connectivity index (χ2n) is 8.11. The lowest BCUT2D eigenvalue weighted by Crippen LogP contribution is -2.26. The van der Waals surface area contributed by atoms with E-state index in [1.54, 1.807) is 0 Å². The molecule has 0 N–H and O–H groups in total. The fourth-order valence-corrected chi connectivity index (χ4v) is 3.87. The summed E-state index contributed by atoms with van der Waals surface area (Å²) in [6.45, 7) is 8.15. The van der Waals surface area contributed by atoms with Crippen LogP contribution < -0.4 is 0 Å². The predicted octanol–water partition coefficient (Wildman–Crippen LogP) is 6.66.